The van der Waals surface area contributed by atoms with E-state index >= 15 is 0 Å². The molecule has 6 heteroatoms. The van der Waals surface area contributed by atoms with Crippen LogP contribution < -0.4 is 10.1 Å². The molecule has 24 heavy (non-hydrogen) atoms. The van der Waals surface area contributed by atoms with E-state index in [4.69, 9.17) is 4.74 Å². The number of methoxy groups -OCH3 is 1. The highest BCUT2D eigenvalue weighted by Crippen LogP contribution is 2.18. The maximum Gasteiger partial charge on any atom is 0.255 e. The summed E-state index contributed by atoms with van der Waals surface area (Å²) in [6.45, 7) is 0. The number of pyridine rings is 2. The molecule has 0 saturated carbocycles. The summed E-state index contributed by atoms with van der Waals surface area (Å²) in [4.78, 5) is 21.0. The molecule has 1 amide bonds. The Kier molecular flexibility index (Phi) is 3.35. The van der Waals surface area contributed by atoms with Gasteiger partial charge in [-0.1, -0.05) is 12.1 Å². The Morgan fingerprint density at radius 2 is 2.04 bits per heavy atom. The van der Waals surface area contributed by atoms with E-state index in [1.165, 1.54) is 0 Å². The van der Waals surface area contributed by atoms with Crippen molar-refractivity contribution in [1.82, 2.24) is 14.4 Å². The quantitative estimate of drug-likeness (QED) is 0.630. The maximum atomic E-state index is 12.4. The van der Waals surface area contributed by atoms with E-state index in [0.29, 0.717) is 17.1 Å². The predicted molar refractivity (Wildman–Crippen MR) is 91.4 cm³/mol. The Hall–Kier alpha value is -3.41. The normalized spacial score (nSPS) is 10.9. The molecule has 118 valence electrons. The second-order valence-corrected chi connectivity index (χ2v) is 5.29. The fourth-order valence-electron chi connectivity index (χ4n) is 2.58. The molecule has 0 radical (unpaired) electrons. The van der Waals surface area contributed by atoms with E-state index in [0.717, 1.165) is 16.7 Å². The van der Waals surface area contributed by atoms with Crippen molar-refractivity contribution in [2.45, 2.75) is 0 Å². The molecular weight excluding hydrogens is 304 g/mol. The average molecular weight is 318 g/mol. The number of amides is 1. The molecule has 3 heterocycles. The third-order valence-corrected chi connectivity index (χ3v) is 3.78. The number of rotatable bonds is 3. The molecule has 0 bridgehead atoms. The van der Waals surface area contributed by atoms with Gasteiger partial charge in [-0.25, -0.2) is 9.97 Å². The first kappa shape index (κ1) is 14.2. The minimum Gasteiger partial charge on any atom is -0.481 e. The van der Waals surface area contributed by atoms with Crippen LogP contribution in [0.2, 0.25) is 0 Å². The summed E-state index contributed by atoms with van der Waals surface area (Å²) in [6.07, 6.45) is 3.41. The Balaban J connectivity index is 1.65. The van der Waals surface area contributed by atoms with Crippen molar-refractivity contribution in [1.29, 1.82) is 0 Å². The standard InChI is InChI=1S/C18H14N4O2/c1-24-17-7-6-13(11-19-17)20-18(23)12-8-9-22-15-5-3-2-4-14(15)21-16(22)10-12/h2-11H,1H3,(H,20,23). The Labute approximate surface area is 137 Å². The van der Waals surface area contributed by atoms with Crippen LogP contribution in [0.4, 0.5) is 5.69 Å². The molecule has 4 aromatic rings. The van der Waals surface area contributed by atoms with E-state index < -0.39 is 0 Å². The van der Waals surface area contributed by atoms with Crippen molar-refractivity contribution in [2.75, 3.05) is 12.4 Å². The number of carbonyl (C=O) groups is 1. The SMILES string of the molecule is COc1ccc(NC(=O)c2ccn3c(c2)nc2ccccc23)cn1. The van der Waals surface area contributed by atoms with Crippen LogP contribution in [0.1, 0.15) is 10.4 Å². The third-order valence-electron chi connectivity index (χ3n) is 3.78. The van der Waals surface area contributed by atoms with Gasteiger partial charge in [-0.05, 0) is 30.3 Å². The average Bonchev–Trinajstić information content (AvgIpc) is 3.00. The number of nitrogens with one attached hydrogen (secondary N) is 1. The van der Waals surface area contributed by atoms with E-state index in [2.05, 4.69) is 15.3 Å². The molecule has 1 N–H and O–H groups in total. The van der Waals surface area contributed by atoms with Crippen molar-refractivity contribution < 1.29 is 9.53 Å². The molecule has 0 aliphatic carbocycles. The number of para-hydroxylation sites is 2. The molecule has 1 aromatic carbocycles. The second kappa shape index (κ2) is 5.66. The van der Waals surface area contributed by atoms with Crippen LogP contribution in [0, 0.1) is 0 Å². The summed E-state index contributed by atoms with van der Waals surface area (Å²) >= 11 is 0. The summed E-state index contributed by atoms with van der Waals surface area (Å²) in [5.41, 5.74) is 3.78. The highest BCUT2D eigenvalue weighted by atomic mass is 16.5. The monoisotopic (exact) mass is 318 g/mol. The van der Waals surface area contributed by atoms with Crippen molar-refractivity contribution >= 4 is 28.3 Å². The van der Waals surface area contributed by atoms with Gasteiger partial charge in [-0.2, -0.15) is 0 Å². The largest absolute Gasteiger partial charge is 0.481 e. The van der Waals surface area contributed by atoms with E-state index in [9.17, 15) is 4.79 Å². The van der Waals surface area contributed by atoms with Gasteiger partial charge in [0.05, 0.1) is 30.0 Å². The molecule has 0 fully saturated rings. The van der Waals surface area contributed by atoms with Crippen molar-refractivity contribution in [3.8, 4) is 5.88 Å². The van der Waals surface area contributed by atoms with E-state index in [1.54, 1.807) is 37.6 Å². The van der Waals surface area contributed by atoms with Gasteiger partial charge < -0.3 is 10.1 Å². The van der Waals surface area contributed by atoms with Crippen molar-refractivity contribution in [2.24, 2.45) is 0 Å². The number of hydrogen-bond acceptors (Lipinski definition) is 4. The number of nitrogens with zero attached hydrogens (tertiary/aromatic N) is 3. The predicted octanol–water partition coefficient (Wildman–Crippen LogP) is 3.14. The zero-order valence-corrected chi connectivity index (χ0v) is 12.9. The molecule has 0 unspecified atom stereocenters. The van der Waals surface area contributed by atoms with Crippen LogP contribution >= 0.6 is 0 Å². The van der Waals surface area contributed by atoms with Gasteiger partial charge in [0.25, 0.3) is 5.91 Å². The molecule has 0 atom stereocenters. The molecule has 0 aliphatic rings. The van der Waals surface area contributed by atoms with Crippen LogP contribution in [-0.2, 0) is 0 Å². The number of imidazole rings is 1. The highest BCUT2D eigenvalue weighted by Gasteiger charge is 2.10. The first-order valence-electron chi connectivity index (χ1n) is 7.43. The number of fused-ring (bicyclic) bond motifs is 3. The Morgan fingerprint density at radius 1 is 1.17 bits per heavy atom. The van der Waals surface area contributed by atoms with Crippen molar-refractivity contribution in [3.05, 3.63) is 66.5 Å². The fourth-order valence-corrected chi connectivity index (χ4v) is 2.58. The van der Waals surface area contributed by atoms with Gasteiger partial charge >= 0.3 is 0 Å². The Morgan fingerprint density at radius 3 is 2.83 bits per heavy atom. The lowest BCUT2D eigenvalue weighted by atomic mass is 10.2. The molecular formula is C18H14N4O2. The van der Waals surface area contributed by atoms with Gasteiger partial charge in [0.1, 0.15) is 5.65 Å². The van der Waals surface area contributed by atoms with Gasteiger partial charge in [0.2, 0.25) is 5.88 Å². The molecule has 0 saturated heterocycles. The minimum absolute atomic E-state index is 0.212. The fraction of sp³-hybridized carbons (Fsp3) is 0.0556. The maximum absolute atomic E-state index is 12.4. The lowest BCUT2D eigenvalue weighted by Gasteiger charge is -2.06. The second-order valence-electron chi connectivity index (χ2n) is 5.29. The topological polar surface area (TPSA) is 68.5 Å². The summed E-state index contributed by atoms with van der Waals surface area (Å²) in [6, 6.07) is 14.8. The molecule has 4 rings (SSSR count). The summed E-state index contributed by atoms with van der Waals surface area (Å²) < 4.78 is 6.96. The van der Waals surface area contributed by atoms with Crippen LogP contribution in [-0.4, -0.2) is 27.4 Å². The number of carbonyl (C=O) groups excluding carboxylic acids is 1. The number of ether oxygens (including phenoxy) is 1. The molecule has 3 aromatic heterocycles. The first-order chi connectivity index (χ1) is 11.7. The van der Waals surface area contributed by atoms with Gasteiger partial charge in [0.15, 0.2) is 0 Å². The number of aromatic nitrogens is 3. The molecule has 0 spiro atoms. The lowest BCUT2D eigenvalue weighted by molar-refractivity contribution is 0.102. The molecule has 0 aliphatic heterocycles. The van der Waals surface area contributed by atoms with E-state index in [-0.39, 0.29) is 5.91 Å². The smallest absolute Gasteiger partial charge is 0.255 e. The number of anilines is 1. The van der Waals surface area contributed by atoms with Crippen molar-refractivity contribution in [3.63, 3.8) is 0 Å². The zero-order valence-electron chi connectivity index (χ0n) is 12.9. The summed E-state index contributed by atoms with van der Waals surface area (Å²) in [5.74, 6) is 0.287. The van der Waals surface area contributed by atoms with Crippen LogP contribution in [0.25, 0.3) is 16.7 Å². The molecule has 6 nitrogen and oxygen atoms in total. The Bertz CT molecular complexity index is 1040. The lowest BCUT2D eigenvalue weighted by Crippen LogP contribution is -2.12. The third kappa shape index (κ3) is 2.44. The number of hydrogen-bond donors (Lipinski definition) is 1. The summed E-state index contributed by atoms with van der Waals surface area (Å²) in [5, 5.41) is 2.81. The zero-order chi connectivity index (χ0) is 16.5. The highest BCUT2D eigenvalue weighted by molar-refractivity contribution is 6.05. The van der Waals surface area contributed by atoms with E-state index in [1.807, 2.05) is 34.9 Å². The summed E-state index contributed by atoms with van der Waals surface area (Å²) in [7, 11) is 1.55. The van der Waals surface area contributed by atoms with Gasteiger partial charge in [-0.15, -0.1) is 0 Å². The minimum atomic E-state index is -0.212. The van der Waals surface area contributed by atoms with Crippen LogP contribution in [0.15, 0.2) is 60.9 Å². The van der Waals surface area contributed by atoms with Crippen LogP contribution in [0.5, 0.6) is 5.88 Å². The van der Waals surface area contributed by atoms with Crippen LogP contribution in [0.3, 0.4) is 0 Å². The van der Waals surface area contributed by atoms with Gasteiger partial charge in [0, 0.05) is 17.8 Å². The number of benzene rings is 1. The van der Waals surface area contributed by atoms with Gasteiger partial charge in [-0.3, -0.25) is 9.20 Å². The first-order valence-corrected chi connectivity index (χ1v) is 7.43.